The highest BCUT2D eigenvalue weighted by Gasteiger charge is 2.40. The van der Waals surface area contributed by atoms with E-state index in [9.17, 15) is 9.59 Å². The van der Waals surface area contributed by atoms with Crippen molar-refractivity contribution in [2.45, 2.75) is 32.1 Å². The summed E-state index contributed by atoms with van der Waals surface area (Å²) in [5, 5.41) is 5.05. The van der Waals surface area contributed by atoms with Crippen LogP contribution in [-0.2, 0) is 0 Å². The number of hydrogen-bond acceptors (Lipinski definition) is 3. The molecule has 0 aliphatic carbocycles. The molecule has 0 aromatic heterocycles. The van der Waals surface area contributed by atoms with Crippen LogP contribution in [0.3, 0.4) is 0 Å². The van der Waals surface area contributed by atoms with Crippen LogP contribution in [0.25, 0.3) is 12.2 Å². The van der Waals surface area contributed by atoms with Crippen molar-refractivity contribution in [3.63, 3.8) is 0 Å². The van der Waals surface area contributed by atoms with Crippen molar-refractivity contribution in [1.82, 2.24) is 20.4 Å². The van der Waals surface area contributed by atoms with Crippen LogP contribution in [0.4, 0.5) is 9.59 Å². The van der Waals surface area contributed by atoms with Gasteiger partial charge in [-0.2, -0.15) is 0 Å². The van der Waals surface area contributed by atoms with E-state index < -0.39 is 18.4 Å². The molecule has 0 bridgehead atoms. The zero-order valence-corrected chi connectivity index (χ0v) is 16.4. The summed E-state index contributed by atoms with van der Waals surface area (Å²) >= 11 is 0. The van der Waals surface area contributed by atoms with Crippen LogP contribution in [0, 0.1) is 0 Å². The molecule has 2 aliphatic heterocycles. The number of nitrogens with one attached hydrogen (secondary N) is 2. The highest BCUT2D eigenvalue weighted by Crippen LogP contribution is 2.29. The lowest BCUT2D eigenvalue weighted by atomic mass is 9.92. The predicted octanol–water partition coefficient (Wildman–Crippen LogP) is 4.15. The van der Waals surface area contributed by atoms with Gasteiger partial charge in [0.2, 0.25) is 0 Å². The van der Waals surface area contributed by atoms with Crippen molar-refractivity contribution < 1.29 is 9.59 Å². The van der Waals surface area contributed by atoms with Crippen LogP contribution in [0.5, 0.6) is 0 Å². The number of urea groups is 2. The predicted molar refractivity (Wildman–Crippen MR) is 113 cm³/mol. The summed E-state index contributed by atoms with van der Waals surface area (Å²) in [5.41, 5.74) is 3.51. The number of rotatable bonds is 5. The third-order valence-electron chi connectivity index (χ3n) is 5.58. The Balaban J connectivity index is 1.44. The van der Waals surface area contributed by atoms with E-state index >= 15 is 0 Å². The second-order valence-corrected chi connectivity index (χ2v) is 7.37. The van der Waals surface area contributed by atoms with Gasteiger partial charge < -0.3 is 4.90 Å². The fourth-order valence-corrected chi connectivity index (χ4v) is 3.66. The minimum atomic E-state index is -0.484. The highest BCUT2D eigenvalue weighted by molar-refractivity contribution is 5.96. The van der Waals surface area contributed by atoms with Crippen molar-refractivity contribution in [2.75, 3.05) is 0 Å². The summed E-state index contributed by atoms with van der Waals surface area (Å²) in [6.07, 6.45) is 7.27. The van der Waals surface area contributed by atoms with Gasteiger partial charge in [-0.25, -0.2) is 9.59 Å². The molecule has 2 aliphatic rings. The maximum absolute atomic E-state index is 12.0. The lowest BCUT2D eigenvalue weighted by Gasteiger charge is -2.40. The van der Waals surface area contributed by atoms with E-state index in [-0.39, 0.29) is 12.0 Å². The minimum absolute atomic E-state index is 0.0816. The van der Waals surface area contributed by atoms with Crippen LogP contribution >= 0.6 is 0 Å². The van der Waals surface area contributed by atoms with E-state index in [1.54, 1.807) is 6.20 Å². The fraction of sp³-hybridized carbons (Fsp3) is 0.217. The molecule has 6 nitrogen and oxygen atoms in total. The molecule has 1 fully saturated rings. The number of imide groups is 1. The zero-order valence-electron chi connectivity index (χ0n) is 16.4. The van der Waals surface area contributed by atoms with Gasteiger partial charge in [-0.05, 0) is 23.6 Å². The Morgan fingerprint density at radius 2 is 1.55 bits per heavy atom. The summed E-state index contributed by atoms with van der Waals surface area (Å²) in [6.45, 7) is 4.25. The van der Waals surface area contributed by atoms with Crippen molar-refractivity contribution >= 4 is 24.2 Å². The smallest absolute Gasteiger partial charge is 0.332 e. The molecule has 4 rings (SSSR count). The number of benzene rings is 2. The number of nitrogens with zero attached hydrogens (tertiary/aromatic N) is 2. The summed E-state index contributed by atoms with van der Waals surface area (Å²) in [6, 6.07) is 17.9. The lowest BCUT2D eigenvalue weighted by molar-refractivity contribution is 0.0904. The molecule has 0 saturated carbocycles. The first-order valence-electron chi connectivity index (χ1n) is 9.71. The highest BCUT2D eigenvalue weighted by atomic mass is 16.2. The Bertz CT molecular complexity index is 953. The molecule has 0 spiro atoms. The molecule has 0 radical (unpaired) electrons. The Kier molecular flexibility index (Phi) is 5.08. The Morgan fingerprint density at radius 3 is 2.24 bits per heavy atom. The second kappa shape index (κ2) is 7.83. The van der Waals surface area contributed by atoms with E-state index in [4.69, 9.17) is 0 Å². The number of amides is 4. The van der Waals surface area contributed by atoms with E-state index in [1.807, 2.05) is 29.3 Å². The molecule has 2 N–H and O–H groups in total. The Labute approximate surface area is 170 Å². The molecular weight excluding hydrogens is 364 g/mol. The van der Waals surface area contributed by atoms with Crippen molar-refractivity contribution in [3.05, 3.63) is 83.7 Å². The summed E-state index contributed by atoms with van der Waals surface area (Å²) in [7, 11) is 0. The van der Waals surface area contributed by atoms with Gasteiger partial charge in [0, 0.05) is 24.4 Å². The number of carbonyl (C=O) groups excluding carboxylic acids is 2. The fourth-order valence-electron chi connectivity index (χ4n) is 3.66. The van der Waals surface area contributed by atoms with Gasteiger partial charge in [-0.3, -0.25) is 15.5 Å². The standard InChI is InChI=1S/C23H24N4O2/c1-16(17(2)26-14-15-27-22(26)24-21(28)25-23(27)29)20-12-10-19(11-13-20)9-8-18-6-4-3-5-7-18/h3-17,22H,1-2H3,(H2,24,25,28,29)/b9-8+. The molecule has 3 atom stereocenters. The van der Waals surface area contributed by atoms with Gasteiger partial charge in [0.15, 0.2) is 6.29 Å². The molecule has 2 aromatic rings. The van der Waals surface area contributed by atoms with Gasteiger partial charge in [0.05, 0.1) is 0 Å². The van der Waals surface area contributed by atoms with Crippen LogP contribution < -0.4 is 10.6 Å². The number of carbonyl (C=O) groups is 2. The first-order chi connectivity index (χ1) is 14.0. The SMILES string of the molecule is CC(c1ccc(/C=C/c2ccccc2)cc1)C(C)N1C=CN2C(=O)NC(=O)NC21. The molecule has 4 amide bonds. The first-order valence-corrected chi connectivity index (χ1v) is 9.71. The molecular formula is C23H24N4O2. The number of fused-ring (bicyclic) bond motifs is 1. The van der Waals surface area contributed by atoms with Gasteiger partial charge in [-0.15, -0.1) is 0 Å². The Morgan fingerprint density at radius 1 is 0.897 bits per heavy atom. The summed E-state index contributed by atoms with van der Waals surface area (Å²) < 4.78 is 0. The average Bonchev–Trinajstić information content (AvgIpc) is 3.16. The maximum atomic E-state index is 12.0. The van der Waals surface area contributed by atoms with Crippen LogP contribution in [0.15, 0.2) is 67.0 Å². The monoisotopic (exact) mass is 388 g/mol. The quantitative estimate of drug-likeness (QED) is 0.756. The maximum Gasteiger partial charge on any atom is 0.332 e. The normalized spacial score (nSPS) is 20.4. The molecule has 2 heterocycles. The van der Waals surface area contributed by atoms with Gasteiger partial charge in [0.25, 0.3) is 0 Å². The van der Waals surface area contributed by atoms with Crippen molar-refractivity contribution in [2.24, 2.45) is 0 Å². The van der Waals surface area contributed by atoms with Crippen LogP contribution in [0.1, 0.15) is 36.5 Å². The lowest BCUT2D eigenvalue weighted by Crippen LogP contribution is -2.65. The van der Waals surface area contributed by atoms with Crippen LogP contribution in [0.2, 0.25) is 0 Å². The first kappa shape index (κ1) is 18.8. The average molecular weight is 388 g/mol. The molecule has 29 heavy (non-hydrogen) atoms. The zero-order chi connectivity index (χ0) is 20.4. The summed E-state index contributed by atoms with van der Waals surface area (Å²) in [5.74, 6) is 0.202. The third kappa shape index (κ3) is 3.87. The van der Waals surface area contributed by atoms with E-state index in [0.717, 1.165) is 5.56 Å². The van der Waals surface area contributed by atoms with Crippen molar-refractivity contribution in [1.29, 1.82) is 0 Å². The van der Waals surface area contributed by atoms with Crippen molar-refractivity contribution in [3.8, 4) is 0 Å². The molecule has 1 saturated heterocycles. The van der Waals surface area contributed by atoms with Gasteiger partial charge in [0.1, 0.15) is 0 Å². The van der Waals surface area contributed by atoms with E-state index in [0.29, 0.717) is 0 Å². The Hall–Kier alpha value is -3.54. The molecule has 148 valence electrons. The topological polar surface area (TPSA) is 64.7 Å². The largest absolute Gasteiger partial charge is 0.336 e. The van der Waals surface area contributed by atoms with E-state index in [2.05, 4.69) is 73.0 Å². The third-order valence-corrected chi connectivity index (χ3v) is 5.58. The molecule has 6 heteroatoms. The minimum Gasteiger partial charge on any atom is -0.336 e. The van der Waals surface area contributed by atoms with E-state index in [1.165, 1.54) is 16.0 Å². The molecule has 2 aromatic carbocycles. The van der Waals surface area contributed by atoms with Crippen LogP contribution in [-0.4, -0.2) is 34.2 Å². The molecule has 3 unspecified atom stereocenters. The van der Waals surface area contributed by atoms with Gasteiger partial charge in [-0.1, -0.05) is 73.7 Å². The van der Waals surface area contributed by atoms with Gasteiger partial charge >= 0.3 is 12.1 Å². The number of hydrogen-bond donors (Lipinski definition) is 2. The summed E-state index contributed by atoms with van der Waals surface area (Å²) in [4.78, 5) is 27.2. The second-order valence-electron chi connectivity index (χ2n) is 7.37.